The van der Waals surface area contributed by atoms with Gasteiger partial charge in [-0.05, 0) is 25.5 Å². The van der Waals surface area contributed by atoms with Gasteiger partial charge in [-0.1, -0.05) is 6.08 Å². The first-order valence-corrected chi connectivity index (χ1v) is 9.37. The van der Waals surface area contributed by atoms with Crippen molar-refractivity contribution in [3.8, 4) is 22.6 Å². The Morgan fingerprint density at radius 2 is 2.18 bits per heavy atom. The number of carbonyl (C=O) groups is 1. The van der Waals surface area contributed by atoms with Gasteiger partial charge in [-0.15, -0.1) is 6.58 Å². The van der Waals surface area contributed by atoms with Gasteiger partial charge >= 0.3 is 0 Å². The number of nitrogens with zero attached hydrogens (tertiary/aromatic N) is 5. The molecule has 3 aromatic heterocycles. The fourth-order valence-electron chi connectivity index (χ4n) is 3.57. The zero-order valence-electron chi connectivity index (χ0n) is 16.1. The van der Waals surface area contributed by atoms with Crippen LogP contribution in [0.3, 0.4) is 0 Å². The summed E-state index contributed by atoms with van der Waals surface area (Å²) in [6.45, 7) is 9.53. The summed E-state index contributed by atoms with van der Waals surface area (Å²) in [4.78, 5) is 15.9. The van der Waals surface area contributed by atoms with E-state index in [4.69, 9.17) is 5.10 Å². The molecule has 144 valence electrons. The molecule has 8 heteroatoms. The van der Waals surface area contributed by atoms with Crippen molar-refractivity contribution >= 4 is 17.5 Å². The normalized spacial score (nSPS) is 12.2. The maximum Gasteiger partial charge on any atom is 0.222 e. The summed E-state index contributed by atoms with van der Waals surface area (Å²) in [6.07, 6.45) is 4.49. The fraction of sp³-hybridized carbons (Fsp3) is 0.300. The Balaban J connectivity index is 1.80. The molecule has 0 spiro atoms. The molecular formula is C20H23N7O. The summed E-state index contributed by atoms with van der Waals surface area (Å²) in [5, 5.41) is 15.3. The smallest absolute Gasteiger partial charge is 0.222 e. The standard InChI is InChI=1S/C20H23N7O/c1-4-9-27-20-15(8-10-26-16(20)11-18(24-26)23-13(3)28)19(25-27)14-6-7-17(21-5-2)22-12-14/h4,6-7,11-12H,1,5,8-10H2,2-3H3,(H,21,22)(H,23,24,28). The largest absolute Gasteiger partial charge is 0.370 e. The maximum absolute atomic E-state index is 11.4. The second-order valence-electron chi connectivity index (χ2n) is 6.68. The third-order valence-corrected chi connectivity index (χ3v) is 4.65. The molecular weight excluding hydrogens is 354 g/mol. The van der Waals surface area contributed by atoms with Crippen LogP contribution in [0, 0.1) is 0 Å². The number of carbonyl (C=O) groups excluding carboxylic acids is 1. The molecule has 4 rings (SSSR count). The Morgan fingerprint density at radius 3 is 2.86 bits per heavy atom. The number of rotatable bonds is 6. The van der Waals surface area contributed by atoms with Crippen molar-refractivity contribution in [3.63, 3.8) is 0 Å². The molecule has 0 saturated carbocycles. The molecule has 3 aromatic rings. The Kier molecular flexibility index (Phi) is 4.68. The van der Waals surface area contributed by atoms with E-state index in [1.54, 1.807) is 0 Å². The van der Waals surface area contributed by atoms with Crippen molar-refractivity contribution in [2.24, 2.45) is 0 Å². The van der Waals surface area contributed by atoms with Gasteiger partial charge in [0.1, 0.15) is 5.82 Å². The summed E-state index contributed by atoms with van der Waals surface area (Å²) in [6, 6.07) is 5.91. The molecule has 8 nitrogen and oxygen atoms in total. The van der Waals surface area contributed by atoms with Gasteiger partial charge in [0.05, 0.1) is 23.6 Å². The monoisotopic (exact) mass is 377 g/mol. The number of pyridine rings is 1. The minimum absolute atomic E-state index is 0.136. The van der Waals surface area contributed by atoms with Gasteiger partial charge in [-0.25, -0.2) is 4.98 Å². The first-order chi connectivity index (χ1) is 13.6. The van der Waals surface area contributed by atoms with Gasteiger partial charge in [0.2, 0.25) is 5.91 Å². The molecule has 1 amide bonds. The lowest BCUT2D eigenvalue weighted by molar-refractivity contribution is -0.114. The van der Waals surface area contributed by atoms with Crippen LogP contribution in [-0.2, 0) is 24.3 Å². The summed E-state index contributed by atoms with van der Waals surface area (Å²) < 4.78 is 3.87. The number of allylic oxidation sites excluding steroid dienone is 1. The minimum Gasteiger partial charge on any atom is -0.370 e. The number of amides is 1. The first kappa shape index (κ1) is 18.0. The first-order valence-electron chi connectivity index (χ1n) is 9.37. The molecule has 0 atom stereocenters. The summed E-state index contributed by atoms with van der Waals surface area (Å²) >= 11 is 0. The minimum atomic E-state index is -0.136. The number of fused-ring (bicyclic) bond motifs is 3. The number of aryl methyl sites for hydroxylation is 1. The number of anilines is 2. The number of nitrogens with one attached hydrogen (secondary N) is 2. The van der Waals surface area contributed by atoms with Crippen LogP contribution in [0.4, 0.5) is 11.6 Å². The third kappa shape index (κ3) is 3.17. The van der Waals surface area contributed by atoms with Gasteiger partial charge in [-0.2, -0.15) is 10.2 Å². The molecule has 4 heterocycles. The molecule has 0 radical (unpaired) electrons. The fourth-order valence-corrected chi connectivity index (χ4v) is 3.57. The summed E-state index contributed by atoms with van der Waals surface area (Å²) in [5.41, 5.74) is 5.04. The number of hydrogen-bond acceptors (Lipinski definition) is 5. The highest BCUT2D eigenvalue weighted by Gasteiger charge is 2.27. The van der Waals surface area contributed by atoms with Crippen LogP contribution in [0.25, 0.3) is 22.6 Å². The van der Waals surface area contributed by atoms with Crippen molar-refractivity contribution < 1.29 is 4.79 Å². The Labute approximate surface area is 163 Å². The lowest BCUT2D eigenvalue weighted by atomic mass is 10.0. The predicted octanol–water partition coefficient (Wildman–Crippen LogP) is 2.94. The van der Waals surface area contributed by atoms with E-state index in [1.165, 1.54) is 12.5 Å². The van der Waals surface area contributed by atoms with E-state index >= 15 is 0 Å². The average molecular weight is 377 g/mol. The van der Waals surface area contributed by atoms with Crippen LogP contribution >= 0.6 is 0 Å². The number of hydrogen-bond donors (Lipinski definition) is 2. The van der Waals surface area contributed by atoms with E-state index in [9.17, 15) is 4.79 Å². The maximum atomic E-state index is 11.4. The average Bonchev–Trinajstić information content (AvgIpc) is 3.23. The van der Waals surface area contributed by atoms with Gasteiger partial charge in [0.15, 0.2) is 5.82 Å². The van der Waals surface area contributed by atoms with Gasteiger partial charge < -0.3 is 10.6 Å². The van der Waals surface area contributed by atoms with Gasteiger partial charge in [0.25, 0.3) is 0 Å². The van der Waals surface area contributed by atoms with Crippen LogP contribution in [0.1, 0.15) is 19.4 Å². The van der Waals surface area contributed by atoms with Crippen LogP contribution in [0.15, 0.2) is 37.1 Å². The third-order valence-electron chi connectivity index (χ3n) is 4.65. The Hall–Kier alpha value is -3.42. The lowest BCUT2D eigenvalue weighted by Crippen LogP contribution is -2.14. The molecule has 0 aliphatic carbocycles. The molecule has 0 aromatic carbocycles. The second-order valence-corrected chi connectivity index (χ2v) is 6.68. The highest BCUT2D eigenvalue weighted by molar-refractivity contribution is 5.88. The van der Waals surface area contributed by atoms with Crippen LogP contribution in [0.5, 0.6) is 0 Å². The van der Waals surface area contributed by atoms with Crippen LogP contribution < -0.4 is 10.6 Å². The van der Waals surface area contributed by atoms with E-state index in [1.807, 2.05) is 46.8 Å². The van der Waals surface area contributed by atoms with E-state index in [0.29, 0.717) is 12.4 Å². The Morgan fingerprint density at radius 1 is 1.32 bits per heavy atom. The van der Waals surface area contributed by atoms with Crippen molar-refractivity contribution in [1.82, 2.24) is 24.5 Å². The molecule has 28 heavy (non-hydrogen) atoms. The molecule has 0 fully saturated rings. The quantitative estimate of drug-likeness (QED) is 0.645. The zero-order chi connectivity index (χ0) is 19.7. The highest BCUT2D eigenvalue weighted by Crippen LogP contribution is 2.37. The van der Waals surface area contributed by atoms with E-state index in [-0.39, 0.29) is 5.91 Å². The van der Waals surface area contributed by atoms with E-state index in [0.717, 1.165) is 48.0 Å². The van der Waals surface area contributed by atoms with Crippen LogP contribution in [0.2, 0.25) is 0 Å². The molecule has 1 aliphatic heterocycles. The van der Waals surface area contributed by atoms with Crippen LogP contribution in [-0.4, -0.2) is 37.0 Å². The SMILES string of the molecule is C=CCn1nc(-c2ccc(NCC)nc2)c2c1-c1cc(NC(C)=O)nn1CC2. The van der Waals surface area contributed by atoms with E-state index in [2.05, 4.69) is 27.3 Å². The van der Waals surface area contributed by atoms with Crippen molar-refractivity contribution in [3.05, 3.63) is 42.6 Å². The van der Waals surface area contributed by atoms with Gasteiger partial charge in [-0.3, -0.25) is 14.2 Å². The molecule has 2 N–H and O–H groups in total. The lowest BCUT2D eigenvalue weighted by Gasteiger charge is -2.16. The zero-order valence-corrected chi connectivity index (χ0v) is 16.1. The highest BCUT2D eigenvalue weighted by atomic mass is 16.1. The van der Waals surface area contributed by atoms with Crippen molar-refractivity contribution in [2.45, 2.75) is 33.4 Å². The molecule has 0 bridgehead atoms. The molecule has 0 saturated heterocycles. The number of aromatic nitrogens is 5. The van der Waals surface area contributed by atoms with Gasteiger partial charge in [0, 0.05) is 43.4 Å². The van der Waals surface area contributed by atoms with Crippen molar-refractivity contribution in [2.75, 3.05) is 17.2 Å². The molecule has 0 unspecified atom stereocenters. The summed E-state index contributed by atoms with van der Waals surface area (Å²) in [5.74, 6) is 1.27. The summed E-state index contributed by atoms with van der Waals surface area (Å²) in [7, 11) is 0. The predicted molar refractivity (Wildman–Crippen MR) is 109 cm³/mol. The second kappa shape index (κ2) is 7.30. The van der Waals surface area contributed by atoms with Crippen molar-refractivity contribution in [1.29, 1.82) is 0 Å². The molecule has 1 aliphatic rings. The van der Waals surface area contributed by atoms with E-state index < -0.39 is 0 Å². The Bertz CT molecular complexity index is 1030. The topological polar surface area (TPSA) is 89.7 Å².